The van der Waals surface area contributed by atoms with Crippen molar-refractivity contribution in [1.29, 1.82) is 0 Å². The number of hydrogen-bond donors (Lipinski definition) is 3. The monoisotopic (exact) mass is 379 g/mol. The zero-order chi connectivity index (χ0) is 19.0. The van der Waals surface area contributed by atoms with Gasteiger partial charge in [0.1, 0.15) is 0 Å². The van der Waals surface area contributed by atoms with E-state index in [0.29, 0.717) is 18.2 Å². The number of sulfonamides is 1. The SMILES string of the molecule is CC(C)(C)NS(=O)(=O)c1cccc(NC(=O)[C@@]23CCCC[C@H]2CNC3)c1. The second kappa shape index (κ2) is 6.94. The lowest BCUT2D eigenvalue weighted by atomic mass is 9.67. The molecule has 1 aromatic carbocycles. The molecular formula is C19H29N3O3S. The fourth-order valence-electron chi connectivity index (χ4n) is 4.15. The zero-order valence-corrected chi connectivity index (χ0v) is 16.6. The molecule has 0 aromatic heterocycles. The average Bonchev–Trinajstić information content (AvgIpc) is 2.98. The first-order chi connectivity index (χ1) is 12.1. The van der Waals surface area contributed by atoms with Gasteiger partial charge in [-0.25, -0.2) is 13.1 Å². The number of fused-ring (bicyclic) bond motifs is 1. The summed E-state index contributed by atoms with van der Waals surface area (Å²) >= 11 is 0. The van der Waals surface area contributed by atoms with Crippen LogP contribution in [0.2, 0.25) is 0 Å². The van der Waals surface area contributed by atoms with Gasteiger partial charge in [0, 0.05) is 17.8 Å². The van der Waals surface area contributed by atoms with E-state index in [1.165, 1.54) is 12.5 Å². The minimum atomic E-state index is -3.63. The second-order valence-electron chi connectivity index (χ2n) is 8.57. The molecule has 3 rings (SSSR count). The molecule has 1 saturated heterocycles. The highest BCUT2D eigenvalue weighted by molar-refractivity contribution is 7.89. The van der Waals surface area contributed by atoms with E-state index in [-0.39, 0.29) is 16.2 Å². The minimum Gasteiger partial charge on any atom is -0.326 e. The molecule has 0 unspecified atom stereocenters. The molecule has 3 N–H and O–H groups in total. The van der Waals surface area contributed by atoms with Gasteiger partial charge in [-0.15, -0.1) is 0 Å². The number of amides is 1. The van der Waals surface area contributed by atoms with Crippen molar-refractivity contribution in [2.75, 3.05) is 18.4 Å². The van der Waals surface area contributed by atoms with Gasteiger partial charge in [0.2, 0.25) is 15.9 Å². The van der Waals surface area contributed by atoms with Gasteiger partial charge in [-0.2, -0.15) is 0 Å². The quantitative estimate of drug-likeness (QED) is 0.750. The van der Waals surface area contributed by atoms with Crippen LogP contribution in [0.3, 0.4) is 0 Å². The molecular weight excluding hydrogens is 350 g/mol. The zero-order valence-electron chi connectivity index (χ0n) is 15.8. The molecule has 2 fully saturated rings. The Hall–Kier alpha value is -1.44. The number of carbonyl (C=O) groups excluding carboxylic acids is 1. The average molecular weight is 380 g/mol. The summed E-state index contributed by atoms with van der Waals surface area (Å²) in [7, 11) is -3.63. The predicted octanol–water partition coefficient (Wildman–Crippen LogP) is 2.48. The molecule has 144 valence electrons. The highest BCUT2D eigenvalue weighted by Crippen LogP contribution is 2.44. The summed E-state index contributed by atoms with van der Waals surface area (Å²) in [5, 5.41) is 6.34. The summed E-state index contributed by atoms with van der Waals surface area (Å²) in [6.07, 6.45) is 4.20. The number of hydrogen-bond acceptors (Lipinski definition) is 4. The van der Waals surface area contributed by atoms with Crippen LogP contribution in [-0.4, -0.2) is 33.0 Å². The third kappa shape index (κ3) is 3.94. The van der Waals surface area contributed by atoms with E-state index in [4.69, 9.17) is 0 Å². The van der Waals surface area contributed by atoms with Crippen LogP contribution in [0.15, 0.2) is 29.2 Å². The van der Waals surface area contributed by atoms with Crippen molar-refractivity contribution >= 4 is 21.6 Å². The van der Waals surface area contributed by atoms with Crippen LogP contribution in [0.25, 0.3) is 0 Å². The van der Waals surface area contributed by atoms with Crippen molar-refractivity contribution in [2.45, 2.75) is 56.9 Å². The van der Waals surface area contributed by atoms with Crippen molar-refractivity contribution in [3.63, 3.8) is 0 Å². The topological polar surface area (TPSA) is 87.3 Å². The van der Waals surface area contributed by atoms with Gasteiger partial charge >= 0.3 is 0 Å². The Bertz CT molecular complexity index is 785. The molecule has 7 heteroatoms. The molecule has 1 aromatic rings. The first kappa shape index (κ1) is 19.3. The smallest absolute Gasteiger partial charge is 0.241 e. The van der Waals surface area contributed by atoms with Crippen LogP contribution in [-0.2, 0) is 14.8 Å². The second-order valence-corrected chi connectivity index (χ2v) is 10.2. The van der Waals surface area contributed by atoms with Crippen LogP contribution in [0.4, 0.5) is 5.69 Å². The Morgan fingerprint density at radius 1 is 1.27 bits per heavy atom. The number of rotatable bonds is 4. The summed E-state index contributed by atoms with van der Waals surface area (Å²) < 4.78 is 27.7. The van der Waals surface area contributed by atoms with Crippen LogP contribution in [0.1, 0.15) is 46.5 Å². The molecule has 2 aliphatic rings. The summed E-state index contributed by atoms with van der Waals surface area (Å²) in [4.78, 5) is 13.2. The van der Waals surface area contributed by atoms with Gasteiger partial charge in [-0.05, 0) is 64.3 Å². The molecule has 1 saturated carbocycles. The lowest BCUT2D eigenvalue weighted by Crippen LogP contribution is -2.44. The van der Waals surface area contributed by atoms with Crippen molar-refractivity contribution in [2.24, 2.45) is 11.3 Å². The first-order valence-electron chi connectivity index (χ1n) is 9.29. The Morgan fingerprint density at radius 3 is 2.77 bits per heavy atom. The van der Waals surface area contributed by atoms with Crippen molar-refractivity contribution in [3.8, 4) is 0 Å². The Labute approximate surface area is 156 Å². The van der Waals surface area contributed by atoms with E-state index >= 15 is 0 Å². The molecule has 0 radical (unpaired) electrons. The summed E-state index contributed by atoms with van der Waals surface area (Å²) in [6.45, 7) is 6.98. The fraction of sp³-hybridized carbons (Fsp3) is 0.632. The van der Waals surface area contributed by atoms with Crippen molar-refractivity contribution in [1.82, 2.24) is 10.0 Å². The maximum atomic E-state index is 13.0. The Balaban J connectivity index is 1.80. The Morgan fingerprint density at radius 2 is 2.04 bits per heavy atom. The molecule has 0 bridgehead atoms. The van der Waals surface area contributed by atoms with Gasteiger partial charge < -0.3 is 10.6 Å². The van der Waals surface area contributed by atoms with Crippen LogP contribution >= 0.6 is 0 Å². The van der Waals surface area contributed by atoms with E-state index in [1.54, 1.807) is 39.0 Å². The largest absolute Gasteiger partial charge is 0.326 e. The normalized spacial score (nSPS) is 26.3. The summed E-state index contributed by atoms with van der Waals surface area (Å²) in [6, 6.07) is 6.48. The molecule has 6 nitrogen and oxygen atoms in total. The van der Waals surface area contributed by atoms with Crippen molar-refractivity contribution in [3.05, 3.63) is 24.3 Å². The minimum absolute atomic E-state index is 0.00512. The molecule has 2 atom stereocenters. The van der Waals surface area contributed by atoms with E-state index in [9.17, 15) is 13.2 Å². The van der Waals surface area contributed by atoms with E-state index in [0.717, 1.165) is 25.8 Å². The van der Waals surface area contributed by atoms with Gasteiger partial charge in [-0.1, -0.05) is 18.9 Å². The predicted molar refractivity (Wildman–Crippen MR) is 102 cm³/mol. The Kier molecular flexibility index (Phi) is 5.16. The van der Waals surface area contributed by atoms with E-state index in [1.807, 2.05) is 0 Å². The van der Waals surface area contributed by atoms with Crippen LogP contribution in [0, 0.1) is 11.3 Å². The highest BCUT2D eigenvalue weighted by Gasteiger charge is 2.49. The standard InChI is InChI=1S/C19H29N3O3S/c1-18(2,3)22-26(24,25)16-9-6-8-15(11-16)21-17(23)19-10-5-4-7-14(19)12-20-13-19/h6,8-9,11,14,20,22H,4-5,7,10,12-13H2,1-3H3,(H,21,23)/t14-,19+/m0/s1. The van der Waals surface area contributed by atoms with Gasteiger partial charge in [0.25, 0.3) is 0 Å². The lowest BCUT2D eigenvalue weighted by molar-refractivity contribution is -0.128. The number of anilines is 1. The molecule has 1 heterocycles. The van der Waals surface area contributed by atoms with Gasteiger partial charge in [-0.3, -0.25) is 4.79 Å². The maximum absolute atomic E-state index is 13.0. The first-order valence-corrected chi connectivity index (χ1v) is 10.8. The molecule has 1 aliphatic heterocycles. The number of nitrogens with one attached hydrogen (secondary N) is 3. The third-order valence-corrected chi connectivity index (χ3v) is 7.09. The molecule has 0 spiro atoms. The number of carbonyl (C=O) groups is 1. The summed E-state index contributed by atoms with van der Waals surface area (Å²) in [5.41, 5.74) is -0.407. The maximum Gasteiger partial charge on any atom is 0.241 e. The van der Waals surface area contributed by atoms with E-state index in [2.05, 4.69) is 15.4 Å². The molecule has 26 heavy (non-hydrogen) atoms. The fourth-order valence-corrected chi connectivity index (χ4v) is 5.61. The van der Waals surface area contributed by atoms with Gasteiger partial charge in [0.05, 0.1) is 10.3 Å². The van der Waals surface area contributed by atoms with Crippen molar-refractivity contribution < 1.29 is 13.2 Å². The summed E-state index contributed by atoms with van der Waals surface area (Å²) in [5.74, 6) is 0.372. The number of benzene rings is 1. The third-order valence-electron chi connectivity index (χ3n) is 5.33. The lowest BCUT2D eigenvalue weighted by Gasteiger charge is -2.37. The highest BCUT2D eigenvalue weighted by atomic mass is 32.2. The van der Waals surface area contributed by atoms with E-state index < -0.39 is 15.6 Å². The van der Waals surface area contributed by atoms with Crippen LogP contribution in [0.5, 0.6) is 0 Å². The molecule has 1 amide bonds. The van der Waals surface area contributed by atoms with Gasteiger partial charge in [0.15, 0.2) is 0 Å². The van der Waals surface area contributed by atoms with Crippen LogP contribution < -0.4 is 15.4 Å². The molecule has 1 aliphatic carbocycles.